The third kappa shape index (κ3) is 3.72. The molecule has 0 atom stereocenters. The van der Waals surface area contributed by atoms with E-state index in [0.717, 1.165) is 17.0 Å². The molecule has 1 amide bonds. The molecule has 2 aromatic heterocycles. The number of carbonyl (C=O) groups excluding carboxylic acids is 1. The monoisotopic (exact) mass is 303 g/mol. The minimum absolute atomic E-state index is 0.149. The number of hydrogen-bond acceptors (Lipinski definition) is 5. The molecule has 2 aromatic rings. The van der Waals surface area contributed by atoms with Crippen LogP contribution in [-0.2, 0) is 5.75 Å². The van der Waals surface area contributed by atoms with Gasteiger partial charge in [0.1, 0.15) is 10.8 Å². The van der Waals surface area contributed by atoms with Crippen LogP contribution in [0.5, 0.6) is 0 Å². The van der Waals surface area contributed by atoms with Crippen LogP contribution in [0.2, 0.25) is 0 Å². The lowest BCUT2D eigenvalue weighted by atomic mass is 10.2. The van der Waals surface area contributed by atoms with E-state index in [4.69, 9.17) is 4.52 Å². The molecule has 0 fully saturated rings. The lowest BCUT2D eigenvalue weighted by Crippen LogP contribution is -2.24. The summed E-state index contributed by atoms with van der Waals surface area (Å²) < 4.78 is 5.14. The van der Waals surface area contributed by atoms with Gasteiger partial charge in [0.05, 0.1) is 11.3 Å². The van der Waals surface area contributed by atoms with Crippen molar-refractivity contribution in [2.75, 3.05) is 6.54 Å². The van der Waals surface area contributed by atoms with Crippen molar-refractivity contribution in [3.63, 3.8) is 0 Å². The van der Waals surface area contributed by atoms with E-state index in [9.17, 15) is 4.79 Å². The predicted octanol–water partition coefficient (Wildman–Crippen LogP) is 2.89. The predicted molar refractivity (Wildman–Crippen MR) is 82.3 cm³/mol. The molecule has 0 aliphatic heterocycles. The fraction of sp³-hybridized carbons (Fsp3) is 0.267. The van der Waals surface area contributed by atoms with Crippen LogP contribution in [0.25, 0.3) is 0 Å². The Morgan fingerprint density at radius 1 is 1.52 bits per heavy atom. The lowest BCUT2D eigenvalue weighted by molar-refractivity contribution is 0.0954. The second kappa shape index (κ2) is 7.08. The number of hydrogen-bond donors (Lipinski definition) is 1. The second-order valence-corrected chi connectivity index (χ2v) is 5.41. The van der Waals surface area contributed by atoms with E-state index in [1.165, 1.54) is 11.8 Å². The van der Waals surface area contributed by atoms with Crippen molar-refractivity contribution >= 4 is 17.7 Å². The van der Waals surface area contributed by atoms with Gasteiger partial charge in [-0.05, 0) is 26.0 Å². The lowest BCUT2D eigenvalue weighted by Gasteiger charge is -2.07. The summed E-state index contributed by atoms with van der Waals surface area (Å²) in [6.07, 6.45) is 3.32. The quantitative estimate of drug-likeness (QED) is 0.656. The van der Waals surface area contributed by atoms with Crippen LogP contribution in [0, 0.1) is 13.8 Å². The third-order valence-corrected chi connectivity index (χ3v) is 3.99. The van der Waals surface area contributed by atoms with Crippen LogP contribution in [0.4, 0.5) is 0 Å². The summed E-state index contributed by atoms with van der Waals surface area (Å²) in [5, 5.41) is 7.38. The molecule has 2 heterocycles. The molecule has 0 unspecified atom stereocenters. The topological polar surface area (TPSA) is 68.0 Å². The van der Waals surface area contributed by atoms with Gasteiger partial charge < -0.3 is 9.84 Å². The molecule has 5 nitrogen and oxygen atoms in total. The molecule has 1 N–H and O–H groups in total. The number of aromatic nitrogens is 2. The molecule has 0 saturated carbocycles. The summed E-state index contributed by atoms with van der Waals surface area (Å²) >= 11 is 1.50. The SMILES string of the molecule is C=CCNC(=O)c1cccnc1SCc1c(C)noc1C. The number of carbonyl (C=O) groups is 1. The van der Waals surface area contributed by atoms with Crippen LogP contribution in [-0.4, -0.2) is 22.6 Å². The Kier molecular flexibility index (Phi) is 5.16. The van der Waals surface area contributed by atoms with Crippen LogP contribution in [0.3, 0.4) is 0 Å². The van der Waals surface area contributed by atoms with Gasteiger partial charge in [0.2, 0.25) is 0 Å². The molecule has 2 rings (SSSR count). The van der Waals surface area contributed by atoms with E-state index in [1.807, 2.05) is 13.8 Å². The fourth-order valence-corrected chi connectivity index (χ4v) is 2.93. The molecule has 0 aromatic carbocycles. The van der Waals surface area contributed by atoms with Gasteiger partial charge >= 0.3 is 0 Å². The van der Waals surface area contributed by atoms with E-state index in [-0.39, 0.29) is 5.91 Å². The number of thioether (sulfide) groups is 1. The number of nitrogens with one attached hydrogen (secondary N) is 1. The first kappa shape index (κ1) is 15.3. The van der Waals surface area contributed by atoms with Gasteiger partial charge in [0, 0.05) is 24.1 Å². The molecule has 110 valence electrons. The van der Waals surface area contributed by atoms with Crippen molar-refractivity contribution in [2.24, 2.45) is 0 Å². The average molecular weight is 303 g/mol. The van der Waals surface area contributed by atoms with Crippen LogP contribution >= 0.6 is 11.8 Å². The van der Waals surface area contributed by atoms with Crippen molar-refractivity contribution in [2.45, 2.75) is 24.6 Å². The van der Waals surface area contributed by atoms with Gasteiger partial charge in [-0.1, -0.05) is 11.2 Å². The maximum atomic E-state index is 12.1. The Hall–Kier alpha value is -2.08. The number of aryl methyl sites for hydroxylation is 2. The van der Waals surface area contributed by atoms with E-state index in [1.54, 1.807) is 24.4 Å². The van der Waals surface area contributed by atoms with E-state index >= 15 is 0 Å². The first-order chi connectivity index (χ1) is 10.1. The highest BCUT2D eigenvalue weighted by atomic mass is 32.2. The Morgan fingerprint density at radius 2 is 2.33 bits per heavy atom. The summed E-state index contributed by atoms with van der Waals surface area (Å²) in [5.74, 6) is 1.32. The van der Waals surface area contributed by atoms with Gasteiger partial charge in [-0.15, -0.1) is 18.3 Å². The smallest absolute Gasteiger partial charge is 0.254 e. The minimum Gasteiger partial charge on any atom is -0.361 e. The number of pyridine rings is 1. The zero-order chi connectivity index (χ0) is 15.2. The fourth-order valence-electron chi connectivity index (χ4n) is 1.79. The normalized spacial score (nSPS) is 10.4. The highest BCUT2D eigenvalue weighted by Crippen LogP contribution is 2.27. The third-order valence-electron chi connectivity index (χ3n) is 2.96. The molecule has 6 heteroatoms. The standard InChI is InChI=1S/C15H17N3O2S/c1-4-7-16-14(19)12-6-5-8-17-15(12)21-9-13-10(2)18-20-11(13)3/h4-6,8H,1,7,9H2,2-3H3,(H,16,19). The Bertz CT molecular complexity index is 633. The van der Waals surface area contributed by atoms with E-state index < -0.39 is 0 Å². The van der Waals surface area contributed by atoms with E-state index in [2.05, 4.69) is 22.0 Å². The molecule has 0 aliphatic rings. The summed E-state index contributed by atoms with van der Waals surface area (Å²) in [4.78, 5) is 16.4. The highest BCUT2D eigenvalue weighted by Gasteiger charge is 2.14. The largest absolute Gasteiger partial charge is 0.361 e. The van der Waals surface area contributed by atoms with Gasteiger partial charge in [-0.3, -0.25) is 4.79 Å². The zero-order valence-electron chi connectivity index (χ0n) is 12.0. The van der Waals surface area contributed by atoms with Crippen molar-refractivity contribution in [1.29, 1.82) is 0 Å². The van der Waals surface area contributed by atoms with Crippen LogP contribution in [0.15, 0.2) is 40.5 Å². The minimum atomic E-state index is -0.149. The van der Waals surface area contributed by atoms with Crippen molar-refractivity contribution in [3.05, 3.63) is 53.6 Å². The van der Waals surface area contributed by atoms with Crippen LogP contribution < -0.4 is 5.32 Å². The molecular weight excluding hydrogens is 286 g/mol. The van der Waals surface area contributed by atoms with Crippen LogP contribution in [0.1, 0.15) is 27.4 Å². The average Bonchev–Trinajstić information content (AvgIpc) is 2.82. The van der Waals surface area contributed by atoms with Gasteiger partial charge in [0.25, 0.3) is 5.91 Å². The molecule has 0 radical (unpaired) electrons. The first-order valence-corrected chi connectivity index (χ1v) is 7.50. The molecule has 0 spiro atoms. The molecule has 0 aliphatic carbocycles. The highest BCUT2D eigenvalue weighted by molar-refractivity contribution is 7.98. The Morgan fingerprint density at radius 3 is 3.00 bits per heavy atom. The molecule has 0 bridgehead atoms. The first-order valence-electron chi connectivity index (χ1n) is 6.52. The maximum absolute atomic E-state index is 12.1. The van der Waals surface area contributed by atoms with Crippen molar-refractivity contribution < 1.29 is 9.32 Å². The van der Waals surface area contributed by atoms with Crippen molar-refractivity contribution in [1.82, 2.24) is 15.5 Å². The van der Waals surface area contributed by atoms with E-state index in [0.29, 0.717) is 22.9 Å². The second-order valence-electron chi connectivity index (χ2n) is 4.45. The van der Waals surface area contributed by atoms with Gasteiger partial charge in [-0.25, -0.2) is 4.98 Å². The Labute approximate surface area is 127 Å². The van der Waals surface area contributed by atoms with Crippen molar-refractivity contribution in [3.8, 4) is 0 Å². The number of amides is 1. The Balaban J connectivity index is 2.13. The maximum Gasteiger partial charge on any atom is 0.254 e. The summed E-state index contributed by atoms with van der Waals surface area (Å²) in [7, 11) is 0. The summed E-state index contributed by atoms with van der Waals surface area (Å²) in [5.41, 5.74) is 2.48. The zero-order valence-corrected chi connectivity index (χ0v) is 12.9. The number of rotatable bonds is 6. The summed E-state index contributed by atoms with van der Waals surface area (Å²) in [6.45, 7) is 7.80. The van der Waals surface area contributed by atoms with Gasteiger partial charge in [-0.2, -0.15) is 0 Å². The number of nitrogens with zero attached hydrogens (tertiary/aromatic N) is 2. The van der Waals surface area contributed by atoms with Gasteiger partial charge in [0.15, 0.2) is 0 Å². The molecule has 21 heavy (non-hydrogen) atoms. The molecular formula is C15H17N3O2S. The molecule has 0 saturated heterocycles. The summed E-state index contributed by atoms with van der Waals surface area (Å²) in [6, 6.07) is 3.52.